The van der Waals surface area contributed by atoms with Gasteiger partial charge >= 0.3 is 0 Å². The van der Waals surface area contributed by atoms with Crippen LogP contribution in [0.3, 0.4) is 0 Å². The van der Waals surface area contributed by atoms with Gasteiger partial charge in [-0.15, -0.1) is 24.0 Å². The first-order valence-electron chi connectivity index (χ1n) is 9.51. The molecule has 0 aliphatic carbocycles. The minimum Gasteiger partial charge on any atom is -0.491 e. The van der Waals surface area contributed by atoms with Crippen molar-refractivity contribution >= 4 is 29.9 Å². The summed E-state index contributed by atoms with van der Waals surface area (Å²) in [5.74, 6) is 3.40. The van der Waals surface area contributed by atoms with E-state index in [9.17, 15) is 0 Å². The van der Waals surface area contributed by atoms with Gasteiger partial charge in [0.1, 0.15) is 12.4 Å². The van der Waals surface area contributed by atoms with Crippen molar-refractivity contribution in [3.8, 4) is 5.75 Å². The molecule has 0 fully saturated rings. The monoisotopic (exact) mass is 501 g/mol. The van der Waals surface area contributed by atoms with Crippen LogP contribution >= 0.6 is 24.0 Å². The number of nitrogens with zero attached hydrogens (tertiary/aromatic N) is 4. The molecule has 28 heavy (non-hydrogen) atoms. The maximum Gasteiger partial charge on any atom is 0.228 e. The summed E-state index contributed by atoms with van der Waals surface area (Å²) in [6.07, 6.45) is 0.627. The van der Waals surface area contributed by atoms with Gasteiger partial charge in [-0.2, -0.15) is 4.98 Å². The number of benzene rings is 1. The van der Waals surface area contributed by atoms with Crippen molar-refractivity contribution in [1.82, 2.24) is 20.4 Å². The SMILES string of the molecule is CCNC(=NCCc1nc(C(C)C)no1)N(C)CCOc1ccccc1C.I. The van der Waals surface area contributed by atoms with E-state index in [2.05, 4.69) is 32.3 Å². The lowest BCUT2D eigenvalue weighted by molar-refractivity contribution is 0.280. The molecule has 2 rings (SSSR count). The molecule has 0 amide bonds. The highest BCUT2D eigenvalue weighted by atomic mass is 127. The quantitative estimate of drug-likeness (QED) is 0.321. The lowest BCUT2D eigenvalue weighted by atomic mass is 10.2. The standard InChI is InChI=1S/C20H31N5O2.HI/c1-6-21-20(22-12-11-18-23-19(15(2)3)24-27-18)25(5)13-14-26-17-10-8-7-9-16(17)4;/h7-10,15H,6,11-14H2,1-5H3,(H,21,22);1H. The van der Waals surface area contributed by atoms with E-state index in [1.807, 2.05) is 52.1 Å². The van der Waals surface area contributed by atoms with Gasteiger partial charge in [0.05, 0.1) is 13.1 Å². The van der Waals surface area contributed by atoms with E-state index in [0.29, 0.717) is 25.5 Å². The molecule has 2 aromatic rings. The van der Waals surface area contributed by atoms with Gasteiger partial charge in [0.25, 0.3) is 0 Å². The highest BCUT2D eigenvalue weighted by Crippen LogP contribution is 2.15. The number of halogens is 1. The van der Waals surface area contributed by atoms with E-state index in [1.165, 1.54) is 0 Å². The fourth-order valence-electron chi connectivity index (χ4n) is 2.45. The lowest BCUT2D eigenvalue weighted by Gasteiger charge is -2.22. The fraction of sp³-hybridized carbons (Fsp3) is 0.550. The summed E-state index contributed by atoms with van der Waals surface area (Å²) in [6.45, 7) is 10.9. The zero-order valence-electron chi connectivity index (χ0n) is 17.4. The molecule has 0 saturated heterocycles. The molecule has 1 N–H and O–H groups in total. The first kappa shape index (κ1) is 24.2. The Bertz CT molecular complexity index is 733. The summed E-state index contributed by atoms with van der Waals surface area (Å²) in [5.41, 5.74) is 1.14. The number of hydrogen-bond donors (Lipinski definition) is 1. The second-order valence-electron chi connectivity index (χ2n) is 6.72. The van der Waals surface area contributed by atoms with E-state index in [0.717, 1.165) is 36.2 Å². The Morgan fingerprint density at radius 3 is 2.71 bits per heavy atom. The largest absolute Gasteiger partial charge is 0.491 e. The predicted molar refractivity (Wildman–Crippen MR) is 123 cm³/mol. The van der Waals surface area contributed by atoms with Gasteiger partial charge in [-0.05, 0) is 25.5 Å². The molecule has 156 valence electrons. The number of hydrogen-bond acceptors (Lipinski definition) is 5. The highest BCUT2D eigenvalue weighted by molar-refractivity contribution is 14.0. The normalized spacial score (nSPS) is 11.3. The Kier molecular flexibility index (Phi) is 10.9. The average Bonchev–Trinajstić information content (AvgIpc) is 3.12. The van der Waals surface area contributed by atoms with Crippen LogP contribution in [0, 0.1) is 6.92 Å². The molecule has 8 heteroatoms. The molecule has 0 aliphatic rings. The van der Waals surface area contributed by atoms with E-state index < -0.39 is 0 Å². The zero-order chi connectivity index (χ0) is 19.6. The van der Waals surface area contributed by atoms with Gasteiger partial charge in [0, 0.05) is 25.9 Å². The van der Waals surface area contributed by atoms with Crippen molar-refractivity contribution in [2.45, 2.75) is 40.0 Å². The van der Waals surface area contributed by atoms with E-state index in [-0.39, 0.29) is 29.9 Å². The summed E-state index contributed by atoms with van der Waals surface area (Å²) in [5, 5.41) is 7.29. The highest BCUT2D eigenvalue weighted by Gasteiger charge is 2.10. The molecule has 0 radical (unpaired) electrons. The first-order valence-corrected chi connectivity index (χ1v) is 9.51. The topological polar surface area (TPSA) is 75.8 Å². The van der Waals surface area contributed by atoms with E-state index in [4.69, 9.17) is 9.26 Å². The van der Waals surface area contributed by atoms with Gasteiger partial charge in [0.2, 0.25) is 5.89 Å². The Morgan fingerprint density at radius 1 is 1.32 bits per heavy atom. The molecule has 1 aromatic heterocycles. The van der Waals surface area contributed by atoms with Crippen molar-refractivity contribution in [2.75, 3.05) is 33.3 Å². The van der Waals surface area contributed by atoms with Gasteiger partial charge in [-0.1, -0.05) is 37.2 Å². The smallest absolute Gasteiger partial charge is 0.228 e. The molecule has 1 heterocycles. The Labute approximate surface area is 185 Å². The summed E-state index contributed by atoms with van der Waals surface area (Å²) >= 11 is 0. The second kappa shape index (κ2) is 12.6. The summed E-state index contributed by atoms with van der Waals surface area (Å²) < 4.78 is 11.1. The number of aromatic nitrogens is 2. The number of nitrogens with one attached hydrogen (secondary N) is 1. The first-order chi connectivity index (χ1) is 13.0. The van der Waals surface area contributed by atoms with Crippen LogP contribution in [0.2, 0.25) is 0 Å². The third kappa shape index (κ3) is 7.65. The third-order valence-corrected chi connectivity index (χ3v) is 4.06. The molecule has 7 nitrogen and oxygen atoms in total. The summed E-state index contributed by atoms with van der Waals surface area (Å²) in [6, 6.07) is 8.04. The number of aryl methyl sites for hydroxylation is 1. The molecular weight excluding hydrogens is 469 g/mol. The van der Waals surface area contributed by atoms with Crippen LogP contribution in [0.1, 0.15) is 44.0 Å². The number of aliphatic imine (C=N–C) groups is 1. The number of guanidine groups is 1. The van der Waals surface area contributed by atoms with Crippen molar-refractivity contribution in [1.29, 1.82) is 0 Å². The number of rotatable bonds is 9. The van der Waals surface area contributed by atoms with E-state index >= 15 is 0 Å². The third-order valence-electron chi connectivity index (χ3n) is 4.06. The van der Waals surface area contributed by atoms with Crippen LogP contribution in [-0.4, -0.2) is 54.3 Å². The van der Waals surface area contributed by atoms with Crippen LogP contribution in [-0.2, 0) is 6.42 Å². The van der Waals surface area contributed by atoms with Crippen molar-refractivity contribution in [2.24, 2.45) is 4.99 Å². The van der Waals surface area contributed by atoms with Gasteiger partial charge in [0.15, 0.2) is 11.8 Å². The van der Waals surface area contributed by atoms with Gasteiger partial charge < -0.3 is 19.5 Å². The van der Waals surface area contributed by atoms with Gasteiger partial charge in [-0.25, -0.2) is 0 Å². The van der Waals surface area contributed by atoms with Crippen molar-refractivity contribution in [3.05, 3.63) is 41.5 Å². The predicted octanol–water partition coefficient (Wildman–Crippen LogP) is 3.64. The Morgan fingerprint density at radius 2 is 2.07 bits per heavy atom. The second-order valence-corrected chi connectivity index (χ2v) is 6.72. The minimum absolute atomic E-state index is 0. The average molecular weight is 501 g/mol. The van der Waals surface area contributed by atoms with Crippen LogP contribution < -0.4 is 10.1 Å². The van der Waals surface area contributed by atoms with Crippen molar-refractivity contribution < 1.29 is 9.26 Å². The summed E-state index contributed by atoms with van der Waals surface area (Å²) in [4.78, 5) is 11.1. The zero-order valence-corrected chi connectivity index (χ0v) is 19.8. The minimum atomic E-state index is 0. The molecule has 0 atom stereocenters. The van der Waals surface area contributed by atoms with Crippen LogP contribution in [0.4, 0.5) is 0 Å². The molecule has 0 aliphatic heterocycles. The molecule has 1 aromatic carbocycles. The molecule has 0 saturated carbocycles. The number of ether oxygens (including phenoxy) is 1. The van der Waals surface area contributed by atoms with Crippen molar-refractivity contribution in [3.63, 3.8) is 0 Å². The van der Waals surface area contributed by atoms with Crippen LogP contribution in [0.25, 0.3) is 0 Å². The maximum atomic E-state index is 5.88. The molecule has 0 spiro atoms. The Balaban J connectivity index is 0.00000392. The van der Waals surface area contributed by atoms with Crippen LogP contribution in [0.15, 0.2) is 33.8 Å². The maximum absolute atomic E-state index is 5.88. The van der Waals surface area contributed by atoms with E-state index in [1.54, 1.807) is 0 Å². The van der Waals surface area contributed by atoms with Gasteiger partial charge in [-0.3, -0.25) is 4.99 Å². The summed E-state index contributed by atoms with van der Waals surface area (Å²) in [7, 11) is 2.01. The van der Waals surface area contributed by atoms with Crippen LogP contribution in [0.5, 0.6) is 5.75 Å². The molecule has 0 bridgehead atoms. The number of para-hydroxylation sites is 1. The fourth-order valence-corrected chi connectivity index (χ4v) is 2.45. The molecule has 0 unspecified atom stereocenters. The number of likely N-dealkylation sites (N-methyl/N-ethyl adjacent to an activating group) is 1. The Hall–Kier alpha value is -1.84. The lowest BCUT2D eigenvalue weighted by Crippen LogP contribution is -2.41. The molecular formula is C20H32IN5O2.